The van der Waals surface area contributed by atoms with Gasteiger partial charge >= 0.3 is 7.12 Å². The van der Waals surface area contributed by atoms with Crippen LogP contribution in [0.3, 0.4) is 0 Å². The number of carbonyl (C=O) groups excluding carboxylic acids is 1. The Bertz CT molecular complexity index is 738. The van der Waals surface area contributed by atoms with Crippen molar-refractivity contribution < 1.29 is 24.2 Å². The summed E-state index contributed by atoms with van der Waals surface area (Å²) in [6.07, 6.45) is 0. The van der Waals surface area contributed by atoms with Gasteiger partial charge in [0.25, 0.3) is 11.6 Å². The molecule has 0 bridgehead atoms. The van der Waals surface area contributed by atoms with Crippen LogP contribution in [0, 0.1) is 15.9 Å². The number of nitro groups is 1. The van der Waals surface area contributed by atoms with Gasteiger partial charge in [-0.05, 0) is 29.7 Å². The number of nitrogens with one attached hydrogen (secondary N) is 1. The van der Waals surface area contributed by atoms with Gasteiger partial charge in [-0.1, -0.05) is 12.1 Å². The number of nitro benzene ring substituents is 1. The molecule has 112 valence electrons. The summed E-state index contributed by atoms with van der Waals surface area (Å²) in [5.74, 6) is -1.64. The minimum Gasteiger partial charge on any atom is -0.423 e. The first-order valence-electron chi connectivity index (χ1n) is 6.10. The molecule has 2 aromatic carbocycles. The molecule has 0 fully saturated rings. The lowest BCUT2D eigenvalue weighted by molar-refractivity contribution is -0.383. The zero-order valence-corrected chi connectivity index (χ0v) is 11.1. The second-order valence-corrected chi connectivity index (χ2v) is 4.38. The number of hydrogen-bond acceptors (Lipinski definition) is 5. The summed E-state index contributed by atoms with van der Waals surface area (Å²) in [5.41, 5.74) is -0.753. The first-order valence-corrected chi connectivity index (χ1v) is 6.10. The highest BCUT2D eigenvalue weighted by molar-refractivity contribution is 6.58. The largest absolute Gasteiger partial charge is 0.488 e. The van der Waals surface area contributed by atoms with Crippen LogP contribution < -0.4 is 10.8 Å². The molecule has 1 amide bonds. The molecule has 0 aliphatic rings. The molecule has 3 N–H and O–H groups in total. The van der Waals surface area contributed by atoms with Gasteiger partial charge in [0.05, 0.1) is 4.92 Å². The van der Waals surface area contributed by atoms with Crippen molar-refractivity contribution in [1.82, 2.24) is 0 Å². The van der Waals surface area contributed by atoms with Crippen molar-refractivity contribution in [3.05, 3.63) is 64.0 Å². The van der Waals surface area contributed by atoms with E-state index in [0.717, 1.165) is 18.2 Å². The number of benzene rings is 2. The van der Waals surface area contributed by atoms with Crippen LogP contribution in [0.5, 0.6) is 0 Å². The zero-order valence-electron chi connectivity index (χ0n) is 11.1. The van der Waals surface area contributed by atoms with Gasteiger partial charge in [0, 0.05) is 11.6 Å². The van der Waals surface area contributed by atoms with Crippen molar-refractivity contribution in [2.75, 3.05) is 5.32 Å². The zero-order chi connectivity index (χ0) is 16.3. The maximum absolute atomic E-state index is 13.4. The Labute approximate surface area is 124 Å². The average molecular weight is 304 g/mol. The fraction of sp³-hybridized carbons (Fsp3) is 0. The van der Waals surface area contributed by atoms with Crippen molar-refractivity contribution >= 4 is 29.9 Å². The van der Waals surface area contributed by atoms with Gasteiger partial charge in [-0.3, -0.25) is 14.9 Å². The van der Waals surface area contributed by atoms with E-state index in [1.54, 1.807) is 0 Å². The Morgan fingerprint density at radius 1 is 1.23 bits per heavy atom. The number of para-hydroxylation sites is 2. The van der Waals surface area contributed by atoms with Gasteiger partial charge < -0.3 is 15.4 Å². The molecule has 0 radical (unpaired) electrons. The predicted octanol–water partition coefficient (Wildman–Crippen LogP) is 0.666. The molecule has 0 aliphatic carbocycles. The molecule has 0 atom stereocenters. The summed E-state index contributed by atoms with van der Waals surface area (Å²) in [7, 11) is -1.94. The average Bonchev–Trinajstić information content (AvgIpc) is 2.46. The molecular weight excluding hydrogens is 294 g/mol. The molecule has 0 saturated heterocycles. The maximum Gasteiger partial charge on any atom is 0.488 e. The third-order valence-corrected chi connectivity index (χ3v) is 2.83. The molecule has 9 heteroatoms. The predicted molar refractivity (Wildman–Crippen MR) is 77.3 cm³/mol. The van der Waals surface area contributed by atoms with Gasteiger partial charge in [0.1, 0.15) is 11.5 Å². The highest BCUT2D eigenvalue weighted by atomic mass is 19.1. The van der Waals surface area contributed by atoms with Crippen molar-refractivity contribution in [3.8, 4) is 0 Å². The van der Waals surface area contributed by atoms with Gasteiger partial charge in [-0.15, -0.1) is 0 Å². The van der Waals surface area contributed by atoms with E-state index < -0.39 is 23.8 Å². The van der Waals surface area contributed by atoms with Crippen LogP contribution >= 0.6 is 0 Å². The summed E-state index contributed by atoms with van der Waals surface area (Å²) in [6.45, 7) is 0. The van der Waals surface area contributed by atoms with E-state index in [0.29, 0.717) is 0 Å². The summed E-state index contributed by atoms with van der Waals surface area (Å²) in [6, 6.07) is 8.31. The van der Waals surface area contributed by atoms with Gasteiger partial charge in [-0.2, -0.15) is 0 Å². The minimum absolute atomic E-state index is 0.0483. The number of carbonyl (C=O) groups is 1. The van der Waals surface area contributed by atoms with Crippen LogP contribution in [-0.4, -0.2) is 28.0 Å². The van der Waals surface area contributed by atoms with Crippen LogP contribution in [0.1, 0.15) is 10.4 Å². The van der Waals surface area contributed by atoms with E-state index in [2.05, 4.69) is 5.32 Å². The summed E-state index contributed by atoms with van der Waals surface area (Å²) < 4.78 is 13.4. The SMILES string of the molecule is O=C(Nc1ccccc1[N+](=O)[O-])c1cc(F)cc(B(O)O)c1. The van der Waals surface area contributed by atoms with Crippen molar-refractivity contribution in [2.45, 2.75) is 0 Å². The van der Waals surface area contributed by atoms with E-state index in [1.165, 1.54) is 24.3 Å². The Balaban J connectivity index is 2.32. The van der Waals surface area contributed by atoms with E-state index in [-0.39, 0.29) is 22.4 Å². The fourth-order valence-corrected chi connectivity index (χ4v) is 1.83. The van der Waals surface area contributed by atoms with E-state index in [1.807, 2.05) is 0 Å². The Kier molecular flexibility index (Phi) is 4.49. The third-order valence-electron chi connectivity index (χ3n) is 2.83. The molecule has 7 nitrogen and oxygen atoms in total. The first-order chi connectivity index (χ1) is 10.4. The molecule has 0 aliphatic heterocycles. The lowest BCUT2D eigenvalue weighted by Crippen LogP contribution is -2.31. The van der Waals surface area contributed by atoms with E-state index >= 15 is 0 Å². The number of anilines is 1. The lowest BCUT2D eigenvalue weighted by Gasteiger charge is -2.08. The Morgan fingerprint density at radius 3 is 2.55 bits per heavy atom. The number of nitrogens with zero attached hydrogens (tertiary/aromatic N) is 1. The Morgan fingerprint density at radius 2 is 1.91 bits per heavy atom. The summed E-state index contributed by atoms with van der Waals surface area (Å²) in [4.78, 5) is 22.3. The molecule has 0 aromatic heterocycles. The first kappa shape index (κ1) is 15.6. The van der Waals surface area contributed by atoms with E-state index in [4.69, 9.17) is 10.0 Å². The number of amides is 1. The van der Waals surface area contributed by atoms with Crippen LogP contribution in [0.4, 0.5) is 15.8 Å². The van der Waals surface area contributed by atoms with Crippen molar-refractivity contribution in [3.63, 3.8) is 0 Å². The number of rotatable bonds is 4. The second-order valence-electron chi connectivity index (χ2n) is 4.38. The molecule has 0 saturated carbocycles. The monoisotopic (exact) mass is 304 g/mol. The lowest BCUT2D eigenvalue weighted by atomic mass is 9.79. The van der Waals surface area contributed by atoms with Crippen LogP contribution in [0.15, 0.2) is 42.5 Å². The minimum atomic E-state index is -1.94. The van der Waals surface area contributed by atoms with Gasteiger partial charge in [0.2, 0.25) is 0 Å². The summed E-state index contributed by atoms with van der Waals surface area (Å²) in [5, 5.41) is 31.2. The van der Waals surface area contributed by atoms with Crippen LogP contribution in [-0.2, 0) is 0 Å². The highest BCUT2D eigenvalue weighted by Gasteiger charge is 2.19. The topological polar surface area (TPSA) is 113 Å². The quantitative estimate of drug-likeness (QED) is 0.436. The molecular formula is C13H10BFN2O5. The van der Waals surface area contributed by atoms with Crippen LogP contribution in [0.2, 0.25) is 0 Å². The molecule has 2 rings (SSSR count). The molecule has 0 unspecified atom stereocenters. The van der Waals surface area contributed by atoms with Crippen LogP contribution in [0.25, 0.3) is 0 Å². The molecule has 0 spiro atoms. The molecule has 0 heterocycles. The number of halogens is 1. The van der Waals surface area contributed by atoms with E-state index in [9.17, 15) is 19.3 Å². The van der Waals surface area contributed by atoms with Gasteiger partial charge in [0.15, 0.2) is 0 Å². The molecule has 22 heavy (non-hydrogen) atoms. The van der Waals surface area contributed by atoms with Gasteiger partial charge in [-0.25, -0.2) is 4.39 Å². The second kappa shape index (κ2) is 6.33. The van der Waals surface area contributed by atoms with Crippen molar-refractivity contribution in [2.24, 2.45) is 0 Å². The maximum atomic E-state index is 13.4. The van der Waals surface area contributed by atoms with Crippen molar-refractivity contribution in [1.29, 1.82) is 0 Å². The third kappa shape index (κ3) is 3.46. The summed E-state index contributed by atoms with van der Waals surface area (Å²) >= 11 is 0. The number of hydrogen-bond donors (Lipinski definition) is 3. The highest BCUT2D eigenvalue weighted by Crippen LogP contribution is 2.23. The fourth-order valence-electron chi connectivity index (χ4n) is 1.83. The normalized spacial score (nSPS) is 10.1. The standard InChI is InChI=1S/C13H10BFN2O5/c15-10-6-8(5-9(7-10)14(19)20)13(18)16-11-3-1-2-4-12(11)17(21)22/h1-7,19-20H,(H,16,18). The smallest absolute Gasteiger partial charge is 0.423 e. The Hall–Kier alpha value is -2.78. The molecule has 2 aromatic rings.